The Kier molecular flexibility index (Phi) is 9.38. The fourth-order valence-electron chi connectivity index (χ4n) is 2.76. The van der Waals surface area contributed by atoms with E-state index in [-0.39, 0.29) is 6.10 Å². The molecule has 0 amide bonds. The SMILES string of the molecule is CN=C(NCCCOC(C)c1ccccc1)NCc1cccc(COC)c1. The summed E-state index contributed by atoms with van der Waals surface area (Å²) in [6.07, 6.45) is 1.03. The van der Waals surface area contributed by atoms with E-state index in [0.29, 0.717) is 13.2 Å². The van der Waals surface area contributed by atoms with Gasteiger partial charge in [0.2, 0.25) is 0 Å². The van der Waals surface area contributed by atoms with Crippen molar-refractivity contribution in [2.75, 3.05) is 27.3 Å². The zero-order chi connectivity index (χ0) is 19.3. The van der Waals surface area contributed by atoms with E-state index in [1.165, 1.54) is 16.7 Å². The molecule has 0 radical (unpaired) electrons. The van der Waals surface area contributed by atoms with Crippen molar-refractivity contribution in [3.8, 4) is 0 Å². The van der Waals surface area contributed by atoms with Gasteiger partial charge >= 0.3 is 0 Å². The molecule has 0 fully saturated rings. The molecule has 0 aromatic heterocycles. The summed E-state index contributed by atoms with van der Waals surface area (Å²) >= 11 is 0. The molecule has 2 aromatic rings. The van der Waals surface area contributed by atoms with Crippen molar-refractivity contribution in [3.05, 3.63) is 71.3 Å². The first-order chi connectivity index (χ1) is 13.2. The van der Waals surface area contributed by atoms with Crippen LogP contribution in [0.3, 0.4) is 0 Å². The van der Waals surface area contributed by atoms with Crippen LogP contribution in [0.1, 0.15) is 36.1 Å². The predicted molar refractivity (Wildman–Crippen MR) is 111 cm³/mol. The van der Waals surface area contributed by atoms with Crippen LogP contribution in [0.5, 0.6) is 0 Å². The number of guanidine groups is 1. The largest absolute Gasteiger partial charge is 0.380 e. The molecular weight excluding hydrogens is 338 g/mol. The van der Waals surface area contributed by atoms with Crippen LogP contribution in [-0.4, -0.2) is 33.3 Å². The van der Waals surface area contributed by atoms with E-state index in [9.17, 15) is 0 Å². The highest BCUT2D eigenvalue weighted by Crippen LogP contribution is 2.15. The summed E-state index contributed by atoms with van der Waals surface area (Å²) in [7, 11) is 3.49. The third kappa shape index (κ3) is 7.81. The lowest BCUT2D eigenvalue weighted by Gasteiger charge is -2.15. The lowest BCUT2D eigenvalue weighted by atomic mass is 10.1. The molecular formula is C22H31N3O2. The Labute approximate surface area is 162 Å². The smallest absolute Gasteiger partial charge is 0.191 e. The molecule has 2 rings (SSSR count). The lowest BCUT2D eigenvalue weighted by molar-refractivity contribution is 0.0646. The summed E-state index contributed by atoms with van der Waals surface area (Å²) in [5.74, 6) is 0.795. The topological polar surface area (TPSA) is 54.9 Å². The number of aliphatic imine (C=N–C) groups is 1. The molecule has 1 unspecified atom stereocenters. The van der Waals surface area contributed by atoms with Gasteiger partial charge in [-0.3, -0.25) is 4.99 Å². The van der Waals surface area contributed by atoms with Crippen LogP contribution in [0.2, 0.25) is 0 Å². The molecule has 0 aliphatic rings. The summed E-state index contributed by atoms with van der Waals surface area (Å²) in [4.78, 5) is 4.27. The Morgan fingerprint density at radius 1 is 1.04 bits per heavy atom. The molecule has 27 heavy (non-hydrogen) atoms. The van der Waals surface area contributed by atoms with Gasteiger partial charge in [0.05, 0.1) is 12.7 Å². The van der Waals surface area contributed by atoms with Gasteiger partial charge in [-0.2, -0.15) is 0 Å². The minimum absolute atomic E-state index is 0.114. The van der Waals surface area contributed by atoms with Crippen molar-refractivity contribution in [2.24, 2.45) is 4.99 Å². The summed E-state index contributed by atoms with van der Waals surface area (Å²) in [5, 5.41) is 6.66. The Morgan fingerprint density at radius 3 is 2.56 bits per heavy atom. The van der Waals surface area contributed by atoms with Crippen LogP contribution in [0.15, 0.2) is 59.6 Å². The first-order valence-electron chi connectivity index (χ1n) is 9.40. The van der Waals surface area contributed by atoms with E-state index in [0.717, 1.165) is 25.5 Å². The van der Waals surface area contributed by atoms with Crippen LogP contribution in [0.4, 0.5) is 0 Å². The molecule has 146 valence electrons. The number of nitrogens with zero attached hydrogens (tertiary/aromatic N) is 1. The number of benzene rings is 2. The molecule has 0 aliphatic heterocycles. The normalized spacial score (nSPS) is 12.6. The van der Waals surface area contributed by atoms with Gasteiger partial charge in [0.1, 0.15) is 0 Å². The Bertz CT molecular complexity index is 689. The molecule has 5 heteroatoms. The van der Waals surface area contributed by atoms with Crippen molar-refractivity contribution >= 4 is 5.96 Å². The molecule has 0 bridgehead atoms. The highest BCUT2D eigenvalue weighted by molar-refractivity contribution is 5.79. The zero-order valence-electron chi connectivity index (χ0n) is 16.6. The Morgan fingerprint density at radius 2 is 1.81 bits per heavy atom. The highest BCUT2D eigenvalue weighted by atomic mass is 16.5. The maximum absolute atomic E-state index is 5.90. The molecule has 1 atom stereocenters. The first kappa shape index (κ1) is 20.9. The second-order valence-electron chi connectivity index (χ2n) is 6.38. The summed E-state index contributed by atoms with van der Waals surface area (Å²) in [6.45, 7) is 4.95. The van der Waals surface area contributed by atoms with Gasteiger partial charge in [-0.05, 0) is 30.0 Å². The average molecular weight is 370 g/mol. The van der Waals surface area contributed by atoms with Gasteiger partial charge in [-0.15, -0.1) is 0 Å². The third-order valence-electron chi connectivity index (χ3n) is 4.24. The van der Waals surface area contributed by atoms with E-state index in [1.807, 2.05) is 24.3 Å². The standard InChI is InChI=1S/C22H31N3O2/c1-18(21-11-5-4-6-12-21)27-14-8-13-24-22(23-2)25-16-19-9-7-10-20(15-19)17-26-3/h4-7,9-12,15,18H,8,13-14,16-17H2,1-3H3,(H2,23,24,25). The number of rotatable bonds is 10. The first-order valence-corrected chi connectivity index (χ1v) is 9.40. The minimum Gasteiger partial charge on any atom is -0.380 e. The number of methoxy groups -OCH3 is 1. The van der Waals surface area contributed by atoms with Crippen LogP contribution >= 0.6 is 0 Å². The zero-order valence-corrected chi connectivity index (χ0v) is 16.6. The number of ether oxygens (including phenoxy) is 2. The molecule has 5 nitrogen and oxygen atoms in total. The minimum atomic E-state index is 0.114. The van der Waals surface area contributed by atoms with Crippen molar-refractivity contribution in [1.82, 2.24) is 10.6 Å². The highest BCUT2D eigenvalue weighted by Gasteiger charge is 2.04. The molecule has 0 aliphatic carbocycles. The molecule has 0 saturated carbocycles. The van der Waals surface area contributed by atoms with Crippen molar-refractivity contribution < 1.29 is 9.47 Å². The molecule has 2 aromatic carbocycles. The van der Waals surface area contributed by atoms with Crippen molar-refractivity contribution in [1.29, 1.82) is 0 Å². The lowest BCUT2D eigenvalue weighted by Crippen LogP contribution is -2.37. The van der Waals surface area contributed by atoms with Gasteiger partial charge in [-0.25, -0.2) is 0 Å². The maximum Gasteiger partial charge on any atom is 0.191 e. The van der Waals surface area contributed by atoms with Crippen LogP contribution in [0.25, 0.3) is 0 Å². The summed E-state index contributed by atoms with van der Waals surface area (Å²) in [5.41, 5.74) is 3.58. The van der Waals surface area contributed by atoms with Crippen LogP contribution in [-0.2, 0) is 22.6 Å². The quantitative estimate of drug-likeness (QED) is 0.381. The fourth-order valence-corrected chi connectivity index (χ4v) is 2.76. The summed E-state index contributed by atoms with van der Waals surface area (Å²) in [6, 6.07) is 18.6. The number of hydrogen-bond acceptors (Lipinski definition) is 3. The maximum atomic E-state index is 5.90. The Balaban J connectivity index is 1.65. The van der Waals surface area contributed by atoms with Gasteiger partial charge in [0.25, 0.3) is 0 Å². The van der Waals surface area contributed by atoms with Gasteiger partial charge in [-0.1, -0.05) is 54.6 Å². The fraction of sp³-hybridized carbons (Fsp3) is 0.409. The van der Waals surface area contributed by atoms with Crippen molar-refractivity contribution in [3.63, 3.8) is 0 Å². The average Bonchev–Trinajstić information content (AvgIpc) is 2.71. The van der Waals surface area contributed by atoms with Crippen LogP contribution in [0, 0.1) is 0 Å². The van der Waals surface area contributed by atoms with E-state index < -0.39 is 0 Å². The molecule has 2 N–H and O–H groups in total. The number of hydrogen-bond donors (Lipinski definition) is 2. The van der Waals surface area contributed by atoms with Gasteiger partial charge < -0.3 is 20.1 Å². The van der Waals surface area contributed by atoms with Gasteiger partial charge in [0.15, 0.2) is 5.96 Å². The van der Waals surface area contributed by atoms with E-state index >= 15 is 0 Å². The van der Waals surface area contributed by atoms with Gasteiger partial charge in [0, 0.05) is 33.9 Å². The van der Waals surface area contributed by atoms with E-state index in [2.05, 4.69) is 52.9 Å². The molecule has 0 heterocycles. The summed E-state index contributed by atoms with van der Waals surface area (Å²) < 4.78 is 11.1. The van der Waals surface area contributed by atoms with E-state index in [4.69, 9.17) is 9.47 Å². The monoisotopic (exact) mass is 369 g/mol. The van der Waals surface area contributed by atoms with Crippen molar-refractivity contribution in [2.45, 2.75) is 32.6 Å². The second-order valence-corrected chi connectivity index (χ2v) is 6.38. The second kappa shape index (κ2) is 12.1. The molecule has 0 spiro atoms. The Hall–Kier alpha value is -2.37. The third-order valence-corrected chi connectivity index (χ3v) is 4.24. The number of nitrogens with one attached hydrogen (secondary N) is 2. The van der Waals surface area contributed by atoms with Crippen LogP contribution < -0.4 is 10.6 Å². The predicted octanol–water partition coefficient (Wildman–Crippen LogP) is 3.67. The van der Waals surface area contributed by atoms with E-state index in [1.54, 1.807) is 14.2 Å². The molecule has 0 saturated heterocycles.